The van der Waals surface area contributed by atoms with Gasteiger partial charge in [0.1, 0.15) is 5.78 Å². The number of carbonyl (C=O) groups is 2. The third-order valence-corrected chi connectivity index (χ3v) is 3.30. The second-order valence-corrected chi connectivity index (χ2v) is 4.60. The summed E-state index contributed by atoms with van der Waals surface area (Å²) in [5.41, 5.74) is 2.83. The van der Waals surface area contributed by atoms with Crippen molar-refractivity contribution in [2.24, 2.45) is 0 Å². The van der Waals surface area contributed by atoms with Crippen LogP contribution >= 0.6 is 15.9 Å². The summed E-state index contributed by atoms with van der Waals surface area (Å²) in [4.78, 5) is 23.0. The molecule has 1 aromatic carbocycles. The molecule has 1 rings (SSSR count). The molecule has 0 saturated carbocycles. The Morgan fingerprint density at radius 1 is 1.28 bits per heavy atom. The highest BCUT2D eigenvalue weighted by atomic mass is 79.9. The van der Waals surface area contributed by atoms with Gasteiger partial charge in [-0.3, -0.25) is 9.59 Å². The van der Waals surface area contributed by atoms with Crippen LogP contribution < -0.4 is 0 Å². The molecule has 0 aliphatic carbocycles. The molecule has 0 aliphatic rings. The normalized spacial score (nSPS) is 10.2. The Bertz CT molecular complexity index is 441. The quantitative estimate of drug-likeness (QED) is 0.599. The second-order valence-electron chi connectivity index (χ2n) is 4.04. The number of benzene rings is 1. The van der Waals surface area contributed by atoms with E-state index >= 15 is 0 Å². The van der Waals surface area contributed by atoms with E-state index in [0.717, 1.165) is 16.7 Å². The molecule has 0 saturated heterocycles. The Labute approximate surface area is 116 Å². The summed E-state index contributed by atoms with van der Waals surface area (Å²) in [7, 11) is 0. The van der Waals surface area contributed by atoms with Crippen LogP contribution in [0.3, 0.4) is 0 Å². The van der Waals surface area contributed by atoms with Crippen molar-refractivity contribution in [1.82, 2.24) is 0 Å². The van der Waals surface area contributed by atoms with Gasteiger partial charge in [0, 0.05) is 6.42 Å². The van der Waals surface area contributed by atoms with Crippen molar-refractivity contribution < 1.29 is 14.3 Å². The third kappa shape index (κ3) is 4.26. The van der Waals surface area contributed by atoms with Gasteiger partial charge in [-0.05, 0) is 30.5 Å². The number of esters is 1. The molecular weight excluding hydrogens is 296 g/mol. The van der Waals surface area contributed by atoms with E-state index in [2.05, 4.69) is 15.9 Å². The minimum Gasteiger partial charge on any atom is -0.466 e. The Hall–Kier alpha value is -1.16. The van der Waals surface area contributed by atoms with E-state index in [-0.39, 0.29) is 18.2 Å². The Balaban J connectivity index is 2.93. The molecule has 4 heteroatoms. The minimum atomic E-state index is -0.251. The van der Waals surface area contributed by atoms with E-state index < -0.39 is 0 Å². The van der Waals surface area contributed by atoms with Crippen LogP contribution in [0, 0.1) is 6.92 Å². The monoisotopic (exact) mass is 312 g/mol. The number of halogens is 1. The smallest absolute Gasteiger partial charge is 0.310 e. The van der Waals surface area contributed by atoms with Crippen molar-refractivity contribution in [3.63, 3.8) is 0 Å². The topological polar surface area (TPSA) is 43.4 Å². The second kappa shape index (κ2) is 7.31. The predicted molar refractivity (Wildman–Crippen MR) is 74.0 cm³/mol. The highest BCUT2D eigenvalue weighted by Crippen LogP contribution is 2.17. The van der Waals surface area contributed by atoms with Crippen molar-refractivity contribution in [3.8, 4) is 0 Å². The molecule has 0 bridgehead atoms. The van der Waals surface area contributed by atoms with Crippen LogP contribution in [-0.4, -0.2) is 23.7 Å². The molecule has 0 unspecified atom stereocenters. The lowest BCUT2D eigenvalue weighted by molar-refractivity contribution is -0.142. The summed E-state index contributed by atoms with van der Waals surface area (Å²) < 4.78 is 4.95. The number of ketones is 1. The van der Waals surface area contributed by atoms with Gasteiger partial charge >= 0.3 is 5.97 Å². The number of Topliss-reactive ketones (excluding diaryl/α,β-unsaturated/α-hetero) is 1. The number of carbonyl (C=O) groups excluding carboxylic acids is 2. The fourth-order valence-corrected chi connectivity index (χ4v) is 2.00. The molecule has 98 valence electrons. The number of aryl methyl sites for hydroxylation is 1. The number of ether oxygens (including phenoxy) is 1. The van der Waals surface area contributed by atoms with Crippen LogP contribution in [0.15, 0.2) is 18.2 Å². The van der Waals surface area contributed by atoms with Crippen LogP contribution in [-0.2, 0) is 27.2 Å². The predicted octanol–water partition coefficient (Wildman–Crippen LogP) is 2.61. The highest BCUT2D eigenvalue weighted by molar-refractivity contribution is 9.09. The lowest BCUT2D eigenvalue weighted by Gasteiger charge is -2.11. The molecule has 0 amide bonds. The summed E-state index contributed by atoms with van der Waals surface area (Å²) in [5.74, 6) is -0.148. The molecule has 0 N–H and O–H groups in total. The van der Waals surface area contributed by atoms with Crippen molar-refractivity contribution in [3.05, 3.63) is 34.9 Å². The fraction of sp³-hybridized carbons (Fsp3) is 0.429. The van der Waals surface area contributed by atoms with Gasteiger partial charge < -0.3 is 4.74 Å². The summed E-state index contributed by atoms with van der Waals surface area (Å²) in [5, 5.41) is 0.333. The Morgan fingerprint density at radius 3 is 2.61 bits per heavy atom. The van der Waals surface area contributed by atoms with Crippen LogP contribution in [0.4, 0.5) is 0 Å². The third-order valence-electron chi connectivity index (χ3n) is 2.67. The average Bonchev–Trinajstić information content (AvgIpc) is 2.33. The maximum absolute atomic E-state index is 11.6. The first-order chi connectivity index (χ1) is 8.58. The lowest BCUT2D eigenvalue weighted by atomic mass is 9.96. The van der Waals surface area contributed by atoms with E-state index in [0.29, 0.717) is 18.4 Å². The molecule has 0 fully saturated rings. The van der Waals surface area contributed by atoms with E-state index in [1.54, 1.807) is 6.92 Å². The molecular formula is C14H17BrO3. The molecule has 0 aromatic heterocycles. The molecule has 3 nitrogen and oxygen atoms in total. The van der Waals surface area contributed by atoms with E-state index in [1.165, 1.54) is 0 Å². The number of hydrogen-bond donors (Lipinski definition) is 0. The summed E-state index contributed by atoms with van der Waals surface area (Å²) in [6.45, 7) is 4.10. The van der Waals surface area contributed by atoms with Crippen LogP contribution in [0.5, 0.6) is 0 Å². The van der Waals surface area contributed by atoms with Crippen molar-refractivity contribution >= 4 is 27.7 Å². The Morgan fingerprint density at radius 2 is 2.00 bits per heavy atom. The van der Waals surface area contributed by atoms with Gasteiger partial charge in [0.05, 0.1) is 18.4 Å². The van der Waals surface area contributed by atoms with Gasteiger partial charge in [-0.2, -0.15) is 0 Å². The van der Waals surface area contributed by atoms with Gasteiger partial charge in [0.15, 0.2) is 0 Å². The molecule has 0 radical (unpaired) electrons. The summed E-state index contributed by atoms with van der Waals surface area (Å²) in [6, 6.07) is 5.74. The van der Waals surface area contributed by atoms with Crippen LogP contribution in [0.1, 0.15) is 23.6 Å². The summed E-state index contributed by atoms with van der Waals surface area (Å²) in [6.07, 6.45) is 0.576. The SMILES string of the molecule is CCOC(=O)Cc1c(C)cccc1CC(=O)CBr. The average molecular weight is 313 g/mol. The van der Waals surface area contributed by atoms with E-state index in [4.69, 9.17) is 4.74 Å². The first kappa shape index (κ1) is 14.9. The van der Waals surface area contributed by atoms with Gasteiger partial charge in [-0.1, -0.05) is 34.1 Å². The minimum absolute atomic E-state index is 0.103. The zero-order chi connectivity index (χ0) is 13.5. The van der Waals surface area contributed by atoms with Gasteiger partial charge in [0.2, 0.25) is 0 Å². The van der Waals surface area contributed by atoms with Gasteiger partial charge in [0.25, 0.3) is 0 Å². The lowest BCUT2D eigenvalue weighted by Crippen LogP contribution is -2.13. The van der Waals surface area contributed by atoms with E-state index in [9.17, 15) is 9.59 Å². The zero-order valence-corrected chi connectivity index (χ0v) is 12.2. The maximum Gasteiger partial charge on any atom is 0.310 e. The van der Waals surface area contributed by atoms with Crippen LogP contribution in [0.2, 0.25) is 0 Å². The molecule has 1 aromatic rings. The summed E-state index contributed by atoms with van der Waals surface area (Å²) >= 11 is 3.15. The maximum atomic E-state index is 11.6. The molecule has 0 heterocycles. The first-order valence-corrected chi connectivity index (χ1v) is 7.01. The van der Waals surface area contributed by atoms with Crippen molar-refractivity contribution in [2.75, 3.05) is 11.9 Å². The number of hydrogen-bond acceptors (Lipinski definition) is 3. The number of alkyl halides is 1. The van der Waals surface area contributed by atoms with Gasteiger partial charge in [-0.15, -0.1) is 0 Å². The molecule has 0 spiro atoms. The Kier molecular flexibility index (Phi) is 6.05. The fourth-order valence-electron chi connectivity index (χ4n) is 1.80. The zero-order valence-electron chi connectivity index (χ0n) is 10.7. The van der Waals surface area contributed by atoms with Crippen molar-refractivity contribution in [1.29, 1.82) is 0 Å². The number of rotatable bonds is 6. The largest absolute Gasteiger partial charge is 0.466 e. The molecule has 18 heavy (non-hydrogen) atoms. The van der Waals surface area contributed by atoms with Crippen molar-refractivity contribution in [2.45, 2.75) is 26.7 Å². The standard InChI is InChI=1S/C14H17BrO3/c1-3-18-14(17)8-13-10(2)5-4-6-11(13)7-12(16)9-15/h4-6H,3,7-9H2,1-2H3. The highest BCUT2D eigenvalue weighted by Gasteiger charge is 2.13. The van der Waals surface area contributed by atoms with E-state index in [1.807, 2.05) is 25.1 Å². The first-order valence-electron chi connectivity index (χ1n) is 5.89. The molecule has 0 atom stereocenters. The van der Waals surface area contributed by atoms with Gasteiger partial charge in [-0.25, -0.2) is 0 Å². The molecule has 0 aliphatic heterocycles. The van der Waals surface area contributed by atoms with Crippen LogP contribution in [0.25, 0.3) is 0 Å².